The average molecular weight is 354 g/mol. The van der Waals surface area contributed by atoms with Crippen LogP contribution in [-0.4, -0.2) is 43.2 Å². The van der Waals surface area contributed by atoms with Crippen molar-refractivity contribution >= 4 is 11.6 Å². The van der Waals surface area contributed by atoms with Crippen LogP contribution in [0.1, 0.15) is 27.0 Å². The second kappa shape index (κ2) is 7.38. The summed E-state index contributed by atoms with van der Waals surface area (Å²) < 4.78 is 11.7. The van der Waals surface area contributed by atoms with Gasteiger partial charge in [-0.05, 0) is 44.5 Å². The lowest BCUT2D eigenvalue weighted by Crippen LogP contribution is -2.32. The summed E-state index contributed by atoms with van der Waals surface area (Å²) in [5, 5.41) is 0. The molecule has 2 aromatic carbocycles. The van der Waals surface area contributed by atoms with Crippen molar-refractivity contribution in [2.24, 2.45) is 0 Å². The number of aryl methyl sites for hydroxylation is 2. The topological polar surface area (TPSA) is 64.8 Å². The number of benzene rings is 2. The molecule has 0 saturated carbocycles. The number of carbonyl (C=O) groups is 1. The Hall–Kier alpha value is -2.53. The number of nitrogen functional groups attached to an aromatic ring is 1. The molecule has 1 aliphatic heterocycles. The number of methoxy groups -OCH3 is 1. The largest absolute Gasteiger partial charge is 0.485 e. The molecule has 0 spiro atoms. The number of nitrogens with two attached hydrogens (primary N) is 1. The van der Waals surface area contributed by atoms with Crippen LogP contribution < -0.4 is 10.5 Å². The molecule has 1 aliphatic rings. The van der Waals surface area contributed by atoms with E-state index >= 15 is 0 Å². The molecule has 5 nitrogen and oxygen atoms in total. The first-order valence-corrected chi connectivity index (χ1v) is 8.81. The van der Waals surface area contributed by atoms with Gasteiger partial charge in [0.05, 0.1) is 13.1 Å². The van der Waals surface area contributed by atoms with Gasteiger partial charge in [-0.25, -0.2) is 0 Å². The summed E-state index contributed by atoms with van der Waals surface area (Å²) in [5.41, 5.74) is 10.4. The number of nitrogens with zero attached hydrogens (tertiary/aromatic N) is 1. The van der Waals surface area contributed by atoms with Crippen molar-refractivity contribution < 1.29 is 14.3 Å². The molecule has 5 heteroatoms. The Morgan fingerprint density at radius 1 is 1.12 bits per heavy atom. The smallest absolute Gasteiger partial charge is 0.254 e. The highest BCUT2D eigenvalue weighted by molar-refractivity contribution is 5.96. The Balaban J connectivity index is 1.79. The summed E-state index contributed by atoms with van der Waals surface area (Å²) >= 11 is 0. The average Bonchev–Trinajstić information content (AvgIpc) is 3.03. The number of hydrogen-bond acceptors (Lipinski definition) is 4. The molecule has 0 aromatic heterocycles. The van der Waals surface area contributed by atoms with E-state index in [1.165, 1.54) is 0 Å². The molecule has 0 radical (unpaired) electrons. The van der Waals surface area contributed by atoms with Crippen LogP contribution >= 0.6 is 0 Å². The fourth-order valence-corrected chi connectivity index (χ4v) is 3.31. The van der Waals surface area contributed by atoms with Gasteiger partial charge in [-0.1, -0.05) is 23.8 Å². The number of rotatable bonds is 4. The molecule has 2 atom stereocenters. The van der Waals surface area contributed by atoms with Crippen LogP contribution in [0.2, 0.25) is 0 Å². The van der Waals surface area contributed by atoms with Gasteiger partial charge in [-0.3, -0.25) is 4.79 Å². The van der Waals surface area contributed by atoms with Crippen LogP contribution in [0.5, 0.6) is 5.75 Å². The van der Waals surface area contributed by atoms with Crippen molar-refractivity contribution in [2.75, 3.05) is 25.9 Å². The highest BCUT2D eigenvalue weighted by Crippen LogP contribution is 2.28. The Morgan fingerprint density at radius 2 is 1.85 bits per heavy atom. The fourth-order valence-electron chi connectivity index (χ4n) is 3.31. The zero-order valence-corrected chi connectivity index (χ0v) is 15.8. The molecule has 1 fully saturated rings. The quantitative estimate of drug-likeness (QED) is 0.857. The molecule has 1 saturated heterocycles. The van der Waals surface area contributed by atoms with Crippen LogP contribution in [0.4, 0.5) is 5.69 Å². The lowest BCUT2D eigenvalue weighted by molar-refractivity contribution is 0.0337. The molecule has 2 aromatic rings. The van der Waals surface area contributed by atoms with Crippen LogP contribution in [0.25, 0.3) is 0 Å². The Bertz CT molecular complexity index is 819. The van der Waals surface area contributed by atoms with E-state index in [2.05, 4.69) is 0 Å². The summed E-state index contributed by atoms with van der Waals surface area (Å²) in [6.07, 6.45) is -0.403. The zero-order valence-electron chi connectivity index (χ0n) is 15.8. The minimum Gasteiger partial charge on any atom is -0.485 e. The first kappa shape index (κ1) is 18.3. The highest BCUT2D eigenvalue weighted by atomic mass is 16.5. The summed E-state index contributed by atoms with van der Waals surface area (Å²) in [5.74, 6) is 0.752. The molecule has 1 heterocycles. The van der Waals surface area contributed by atoms with Gasteiger partial charge in [0.1, 0.15) is 18.0 Å². The van der Waals surface area contributed by atoms with Gasteiger partial charge < -0.3 is 20.1 Å². The summed E-state index contributed by atoms with van der Waals surface area (Å²) in [6.45, 7) is 6.88. The van der Waals surface area contributed by atoms with Gasteiger partial charge in [0, 0.05) is 23.9 Å². The molecule has 0 aliphatic carbocycles. The fraction of sp³-hybridized carbons (Fsp3) is 0.381. The van der Waals surface area contributed by atoms with Crippen molar-refractivity contribution in [1.82, 2.24) is 4.90 Å². The SMILES string of the molecule is CO[C@@H]1CN(C(=O)c2cc(C)ccc2C)C[C@H]1Oc1cccc(N)c1C. The van der Waals surface area contributed by atoms with E-state index < -0.39 is 0 Å². The lowest BCUT2D eigenvalue weighted by atomic mass is 10.0. The molecule has 0 unspecified atom stereocenters. The van der Waals surface area contributed by atoms with Crippen molar-refractivity contribution in [3.05, 3.63) is 58.7 Å². The van der Waals surface area contributed by atoms with Gasteiger partial charge in [0.25, 0.3) is 5.91 Å². The van der Waals surface area contributed by atoms with E-state index in [0.717, 1.165) is 28.0 Å². The number of carbonyl (C=O) groups excluding carboxylic acids is 1. The second-order valence-electron chi connectivity index (χ2n) is 6.93. The van der Waals surface area contributed by atoms with E-state index in [0.29, 0.717) is 18.8 Å². The van der Waals surface area contributed by atoms with Gasteiger partial charge in [-0.15, -0.1) is 0 Å². The number of amides is 1. The molecule has 1 amide bonds. The monoisotopic (exact) mass is 354 g/mol. The van der Waals surface area contributed by atoms with Crippen molar-refractivity contribution in [3.63, 3.8) is 0 Å². The second-order valence-corrected chi connectivity index (χ2v) is 6.93. The van der Waals surface area contributed by atoms with Crippen molar-refractivity contribution in [2.45, 2.75) is 33.0 Å². The first-order chi connectivity index (χ1) is 12.4. The van der Waals surface area contributed by atoms with Gasteiger partial charge >= 0.3 is 0 Å². The highest BCUT2D eigenvalue weighted by Gasteiger charge is 2.38. The van der Waals surface area contributed by atoms with Crippen LogP contribution in [-0.2, 0) is 4.74 Å². The van der Waals surface area contributed by atoms with E-state index in [1.807, 2.05) is 62.1 Å². The minimum absolute atomic E-state index is 0.0173. The summed E-state index contributed by atoms with van der Waals surface area (Å²) in [7, 11) is 1.65. The maximum Gasteiger partial charge on any atom is 0.254 e. The zero-order chi connectivity index (χ0) is 18.8. The van der Waals surface area contributed by atoms with Crippen molar-refractivity contribution in [1.29, 1.82) is 0 Å². The van der Waals surface area contributed by atoms with E-state index in [4.69, 9.17) is 15.2 Å². The summed E-state index contributed by atoms with van der Waals surface area (Å²) in [6, 6.07) is 11.6. The van der Waals surface area contributed by atoms with Crippen LogP contribution in [0, 0.1) is 20.8 Å². The Morgan fingerprint density at radius 3 is 2.58 bits per heavy atom. The minimum atomic E-state index is -0.227. The van der Waals surface area contributed by atoms with Gasteiger partial charge in [0.15, 0.2) is 0 Å². The van der Waals surface area contributed by atoms with Gasteiger partial charge in [-0.2, -0.15) is 0 Å². The molecule has 2 N–H and O–H groups in total. The van der Waals surface area contributed by atoms with Crippen LogP contribution in [0.15, 0.2) is 36.4 Å². The van der Waals surface area contributed by atoms with Gasteiger partial charge in [0.2, 0.25) is 0 Å². The maximum atomic E-state index is 13.0. The number of ether oxygens (including phenoxy) is 2. The molecular weight excluding hydrogens is 328 g/mol. The third-order valence-corrected chi connectivity index (χ3v) is 5.03. The molecule has 26 heavy (non-hydrogen) atoms. The van der Waals surface area contributed by atoms with E-state index in [1.54, 1.807) is 7.11 Å². The third-order valence-electron chi connectivity index (χ3n) is 5.03. The standard InChI is InChI=1S/C21H26N2O3/c1-13-8-9-14(2)16(10-13)21(24)23-11-19(25-4)20(12-23)26-18-7-5-6-17(22)15(18)3/h5-10,19-20H,11-12,22H2,1-4H3/t19-,20-/m1/s1. The molecule has 0 bridgehead atoms. The molecule has 3 rings (SSSR count). The lowest BCUT2D eigenvalue weighted by Gasteiger charge is -2.20. The first-order valence-electron chi connectivity index (χ1n) is 8.81. The molecule has 138 valence electrons. The maximum absolute atomic E-state index is 13.0. The Kier molecular flexibility index (Phi) is 5.18. The predicted molar refractivity (Wildman–Crippen MR) is 103 cm³/mol. The predicted octanol–water partition coefficient (Wildman–Crippen LogP) is 3.11. The van der Waals surface area contributed by atoms with E-state index in [-0.39, 0.29) is 18.1 Å². The number of hydrogen-bond donors (Lipinski definition) is 1. The number of anilines is 1. The third kappa shape index (κ3) is 3.53. The Labute approximate surface area is 154 Å². The summed E-state index contributed by atoms with van der Waals surface area (Å²) in [4.78, 5) is 14.8. The van der Waals surface area contributed by atoms with Crippen LogP contribution in [0.3, 0.4) is 0 Å². The number of likely N-dealkylation sites (tertiary alicyclic amines) is 1. The molecular formula is C21H26N2O3. The van der Waals surface area contributed by atoms with Crippen molar-refractivity contribution in [3.8, 4) is 5.75 Å². The normalized spacial score (nSPS) is 19.6. The van der Waals surface area contributed by atoms with E-state index in [9.17, 15) is 4.79 Å².